The average molecular weight is 275 g/mol. The van der Waals surface area contributed by atoms with E-state index in [1.165, 1.54) is 31.9 Å². The summed E-state index contributed by atoms with van der Waals surface area (Å²) in [4.78, 5) is 30.5. The highest BCUT2D eigenvalue weighted by atomic mass is 16.2. The lowest BCUT2D eigenvalue weighted by molar-refractivity contribution is -0.121. The number of hydrogen-bond donors (Lipinski definition) is 2. The van der Waals surface area contributed by atoms with Gasteiger partial charge in [-0.05, 0) is 38.0 Å². The van der Waals surface area contributed by atoms with Crippen LogP contribution in [-0.4, -0.2) is 21.9 Å². The van der Waals surface area contributed by atoms with Gasteiger partial charge in [0.15, 0.2) is 0 Å². The molecule has 1 aromatic rings. The first-order valence-electron chi connectivity index (χ1n) is 7.47. The predicted octanol–water partition coefficient (Wildman–Crippen LogP) is 1.32. The molecular weight excluding hydrogens is 254 g/mol. The zero-order valence-corrected chi connectivity index (χ0v) is 11.8. The summed E-state index contributed by atoms with van der Waals surface area (Å²) in [6, 6.07) is 0.312. The van der Waals surface area contributed by atoms with Crippen LogP contribution in [0.4, 0.5) is 0 Å². The fourth-order valence-corrected chi connectivity index (χ4v) is 3.81. The summed E-state index contributed by atoms with van der Waals surface area (Å²) in [6.45, 7) is 1.73. The standard InChI is InChI=1S/C15H21N3O2/c1-9-16-8-11(15(20)17-9)7-14(19)18-13-6-5-10-3-2-4-12(10)13/h8,10,12-13H,2-7H2,1H3,(H,18,19)(H,16,17,20)/t10-,12-,13-/m1/s1. The van der Waals surface area contributed by atoms with Crippen molar-refractivity contribution in [2.24, 2.45) is 11.8 Å². The van der Waals surface area contributed by atoms with Gasteiger partial charge in [0.25, 0.3) is 5.56 Å². The van der Waals surface area contributed by atoms with Crippen molar-refractivity contribution in [3.05, 3.63) is 27.9 Å². The highest BCUT2D eigenvalue weighted by Crippen LogP contribution is 2.43. The molecule has 108 valence electrons. The zero-order chi connectivity index (χ0) is 14.1. The van der Waals surface area contributed by atoms with E-state index in [9.17, 15) is 9.59 Å². The molecule has 2 aliphatic carbocycles. The lowest BCUT2D eigenvalue weighted by Gasteiger charge is -2.19. The number of aromatic amines is 1. The Balaban J connectivity index is 1.61. The summed E-state index contributed by atoms with van der Waals surface area (Å²) in [5.41, 5.74) is 0.229. The zero-order valence-electron chi connectivity index (χ0n) is 11.8. The number of nitrogens with zero attached hydrogens (tertiary/aromatic N) is 1. The van der Waals surface area contributed by atoms with Crippen LogP contribution in [-0.2, 0) is 11.2 Å². The van der Waals surface area contributed by atoms with Gasteiger partial charge in [0, 0.05) is 17.8 Å². The van der Waals surface area contributed by atoms with E-state index < -0.39 is 0 Å². The normalized spacial score (nSPS) is 28.4. The number of nitrogens with one attached hydrogen (secondary N) is 2. The fourth-order valence-electron chi connectivity index (χ4n) is 3.81. The van der Waals surface area contributed by atoms with Gasteiger partial charge in [-0.25, -0.2) is 4.98 Å². The Bertz CT molecular complexity index is 566. The number of carbonyl (C=O) groups excluding carboxylic acids is 1. The van der Waals surface area contributed by atoms with Crippen molar-refractivity contribution in [2.45, 2.75) is 51.5 Å². The molecule has 2 aliphatic rings. The number of H-pyrrole nitrogens is 1. The van der Waals surface area contributed by atoms with Crippen molar-refractivity contribution in [3.63, 3.8) is 0 Å². The van der Waals surface area contributed by atoms with E-state index in [1.807, 2.05) is 0 Å². The largest absolute Gasteiger partial charge is 0.353 e. The third-order valence-electron chi connectivity index (χ3n) is 4.78. The first-order valence-corrected chi connectivity index (χ1v) is 7.47. The summed E-state index contributed by atoms with van der Waals surface area (Å²) < 4.78 is 0. The summed E-state index contributed by atoms with van der Waals surface area (Å²) in [5.74, 6) is 1.99. The molecule has 0 saturated heterocycles. The van der Waals surface area contributed by atoms with Gasteiger partial charge < -0.3 is 10.3 Å². The number of hydrogen-bond acceptors (Lipinski definition) is 3. The molecule has 5 heteroatoms. The summed E-state index contributed by atoms with van der Waals surface area (Å²) >= 11 is 0. The van der Waals surface area contributed by atoms with E-state index >= 15 is 0 Å². The number of fused-ring (bicyclic) bond motifs is 1. The molecule has 2 fully saturated rings. The van der Waals surface area contributed by atoms with E-state index in [0.29, 0.717) is 23.3 Å². The van der Waals surface area contributed by atoms with Crippen molar-refractivity contribution < 1.29 is 4.79 Å². The van der Waals surface area contributed by atoms with Crippen molar-refractivity contribution in [2.75, 3.05) is 0 Å². The first-order chi connectivity index (χ1) is 9.63. The van der Waals surface area contributed by atoms with Crippen LogP contribution >= 0.6 is 0 Å². The molecule has 1 aromatic heterocycles. The third kappa shape index (κ3) is 2.62. The van der Waals surface area contributed by atoms with Crippen LogP contribution in [0.3, 0.4) is 0 Å². The van der Waals surface area contributed by atoms with E-state index in [2.05, 4.69) is 15.3 Å². The Morgan fingerprint density at radius 3 is 3.05 bits per heavy atom. The van der Waals surface area contributed by atoms with Gasteiger partial charge in [0.05, 0.1) is 6.42 Å². The van der Waals surface area contributed by atoms with Crippen molar-refractivity contribution in [1.29, 1.82) is 0 Å². The lowest BCUT2D eigenvalue weighted by atomic mass is 9.97. The molecule has 0 bridgehead atoms. The minimum absolute atomic E-state index is 0.0568. The molecule has 0 spiro atoms. The number of amides is 1. The predicted molar refractivity (Wildman–Crippen MR) is 75.3 cm³/mol. The van der Waals surface area contributed by atoms with Gasteiger partial charge >= 0.3 is 0 Å². The minimum Gasteiger partial charge on any atom is -0.353 e. The van der Waals surface area contributed by atoms with Crippen LogP contribution in [0, 0.1) is 18.8 Å². The molecule has 0 unspecified atom stereocenters. The second-order valence-corrected chi connectivity index (χ2v) is 6.11. The Morgan fingerprint density at radius 2 is 2.25 bits per heavy atom. The maximum Gasteiger partial charge on any atom is 0.254 e. The number of aryl methyl sites for hydroxylation is 1. The fraction of sp³-hybridized carbons (Fsp3) is 0.667. The molecule has 1 amide bonds. The Labute approximate surface area is 118 Å². The molecule has 2 N–H and O–H groups in total. The molecule has 20 heavy (non-hydrogen) atoms. The maximum absolute atomic E-state index is 12.1. The highest BCUT2D eigenvalue weighted by molar-refractivity contribution is 5.78. The summed E-state index contributed by atoms with van der Waals surface area (Å²) in [6.07, 6.45) is 7.80. The van der Waals surface area contributed by atoms with Gasteiger partial charge in [0.1, 0.15) is 5.82 Å². The molecule has 1 heterocycles. The van der Waals surface area contributed by atoms with E-state index in [4.69, 9.17) is 0 Å². The Kier molecular flexibility index (Phi) is 3.59. The van der Waals surface area contributed by atoms with Crippen molar-refractivity contribution in [1.82, 2.24) is 15.3 Å². The molecule has 0 aliphatic heterocycles. The topological polar surface area (TPSA) is 74.8 Å². The molecule has 2 saturated carbocycles. The second kappa shape index (κ2) is 5.38. The molecule has 0 aromatic carbocycles. The Morgan fingerprint density at radius 1 is 1.40 bits per heavy atom. The quantitative estimate of drug-likeness (QED) is 0.873. The molecule has 0 radical (unpaired) electrons. The lowest BCUT2D eigenvalue weighted by Crippen LogP contribution is -2.39. The average Bonchev–Trinajstić information content (AvgIpc) is 2.98. The van der Waals surface area contributed by atoms with E-state index in [-0.39, 0.29) is 17.9 Å². The smallest absolute Gasteiger partial charge is 0.254 e. The first kappa shape index (κ1) is 13.3. The summed E-state index contributed by atoms with van der Waals surface area (Å²) in [7, 11) is 0. The number of rotatable bonds is 3. The van der Waals surface area contributed by atoms with Crippen LogP contribution in [0.2, 0.25) is 0 Å². The van der Waals surface area contributed by atoms with Crippen LogP contribution < -0.4 is 10.9 Å². The third-order valence-corrected chi connectivity index (χ3v) is 4.78. The molecule has 5 nitrogen and oxygen atoms in total. The SMILES string of the molecule is Cc1ncc(CC(=O)N[C@@H]2CC[C@H]3CCC[C@H]32)c(=O)[nH]1. The minimum atomic E-state index is -0.210. The van der Waals surface area contributed by atoms with Crippen molar-refractivity contribution in [3.8, 4) is 0 Å². The Hall–Kier alpha value is -1.65. The van der Waals surface area contributed by atoms with Crippen LogP contribution in [0.5, 0.6) is 0 Å². The van der Waals surface area contributed by atoms with E-state index in [1.54, 1.807) is 6.92 Å². The van der Waals surface area contributed by atoms with Gasteiger partial charge in [-0.2, -0.15) is 0 Å². The molecular formula is C15H21N3O2. The molecule has 3 atom stereocenters. The highest BCUT2D eigenvalue weighted by Gasteiger charge is 2.39. The second-order valence-electron chi connectivity index (χ2n) is 6.11. The van der Waals surface area contributed by atoms with E-state index in [0.717, 1.165) is 12.3 Å². The van der Waals surface area contributed by atoms with Crippen LogP contribution in [0.1, 0.15) is 43.5 Å². The van der Waals surface area contributed by atoms with Crippen LogP contribution in [0.15, 0.2) is 11.0 Å². The van der Waals surface area contributed by atoms with Gasteiger partial charge in [-0.1, -0.05) is 12.8 Å². The van der Waals surface area contributed by atoms with Gasteiger partial charge in [0.2, 0.25) is 5.91 Å². The monoisotopic (exact) mass is 275 g/mol. The van der Waals surface area contributed by atoms with Gasteiger partial charge in [-0.15, -0.1) is 0 Å². The molecule has 3 rings (SSSR count). The van der Waals surface area contributed by atoms with Gasteiger partial charge in [-0.3, -0.25) is 9.59 Å². The van der Waals surface area contributed by atoms with Crippen molar-refractivity contribution >= 4 is 5.91 Å². The number of carbonyl (C=O) groups is 1. The summed E-state index contributed by atoms with van der Waals surface area (Å²) in [5, 5.41) is 3.12. The number of aromatic nitrogens is 2. The van der Waals surface area contributed by atoms with Crippen LogP contribution in [0.25, 0.3) is 0 Å². The maximum atomic E-state index is 12.1.